The minimum absolute atomic E-state index is 0.0256. The van der Waals surface area contributed by atoms with Gasteiger partial charge in [0, 0.05) is 6.42 Å². The first-order valence-electron chi connectivity index (χ1n) is 5.90. The molecule has 0 atom stereocenters. The number of carbonyl (C=O) groups is 3. The Bertz CT molecular complexity index is 574. The second kappa shape index (κ2) is 7.85. The van der Waals surface area contributed by atoms with Gasteiger partial charge < -0.3 is 15.2 Å². The molecule has 0 aromatic heterocycles. The number of aliphatic carboxylic acids is 1. The molecular formula is C13H13Cl2NO5. The van der Waals surface area contributed by atoms with Crippen LogP contribution >= 0.6 is 23.2 Å². The summed E-state index contributed by atoms with van der Waals surface area (Å²) >= 11 is 11.8. The van der Waals surface area contributed by atoms with Crippen LogP contribution in [0.1, 0.15) is 23.2 Å². The number of Topliss-reactive ketones (excluding diaryl/α,β-unsaturated/α-hetero) is 1. The van der Waals surface area contributed by atoms with E-state index in [0.29, 0.717) is 0 Å². The lowest BCUT2D eigenvalue weighted by atomic mass is 10.1. The number of methoxy groups -OCH3 is 1. The lowest BCUT2D eigenvalue weighted by molar-refractivity contribution is -0.138. The lowest BCUT2D eigenvalue weighted by Gasteiger charge is -2.12. The fourth-order valence-electron chi connectivity index (χ4n) is 1.55. The summed E-state index contributed by atoms with van der Waals surface area (Å²) in [6, 6.07) is 2.92. The molecule has 0 fully saturated rings. The fourth-order valence-corrected chi connectivity index (χ4v) is 2.02. The number of carboxylic acids is 1. The van der Waals surface area contributed by atoms with Gasteiger partial charge in [0.2, 0.25) is 0 Å². The van der Waals surface area contributed by atoms with Gasteiger partial charge >= 0.3 is 5.97 Å². The average molecular weight is 334 g/mol. The minimum Gasteiger partial charge on any atom is -0.494 e. The fraction of sp³-hybridized carbons (Fsp3) is 0.308. The molecule has 1 rings (SSSR count). The topological polar surface area (TPSA) is 92.7 Å². The van der Waals surface area contributed by atoms with Gasteiger partial charge in [-0.05, 0) is 12.1 Å². The Balaban J connectivity index is 2.75. The highest BCUT2D eigenvalue weighted by Gasteiger charge is 2.20. The molecule has 1 amide bonds. The molecule has 0 saturated heterocycles. The molecule has 0 heterocycles. The monoisotopic (exact) mass is 333 g/mol. The van der Waals surface area contributed by atoms with Crippen molar-refractivity contribution in [3.63, 3.8) is 0 Å². The number of nitrogens with one attached hydrogen (secondary N) is 1. The highest BCUT2D eigenvalue weighted by Crippen LogP contribution is 2.33. The van der Waals surface area contributed by atoms with E-state index in [1.807, 2.05) is 0 Å². The summed E-state index contributed by atoms with van der Waals surface area (Å²) in [6.45, 7) is -0.294. The SMILES string of the molecule is COc1c(Cl)ccc(Cl)c1C(=O)NCC(=O)CCC(=O)O. The molecule has 114 valence electrons. The van der Waals surface area contributed by atoms with Crippen LogP contribution in [0.15, 0.2) is 12.1 Å². The molecule has 0 aliphatic heterocycles. The van der Waals surface area contributed by atoms with Crippen molar-refractivity contribution in [3.8, 4) is 5.75 Å². The summed E-state index contributed by atoms with van der Waals surface area (Å²) in [5.41, 5.74) is 0.0256. The third-order valence-corrected chi connectivity index (χ3v) is 3.17. The number of benzene rings is 1. The number of ether oxygens (including phenoxy) is 1. The van der Waals surface area contributed by atoms with Crippen LogP contribution < -0.4 is 10.1 Å². The van der Waals surface area contributed by atoms with Gasteiger partial charge in [-0.1, -0.05) is 23.2 Å². The third-order valence-electron chi connectivity index (χ3n) is 2.55. The number of carboxylic acid groups (broad SMARTS) is 1. The van der Waals surface area contributed by atoms with Crippen LogP contribution in [-0.4, -0.2) is 36.4 Å². The van der Waals surface area contributed by atoms with Crippen molar-refractivity contribution in [3.05, 3.63) is 27.7 Å². The summed E-state index contributed by atoms with van der Waals surface area (Å²) in [7, 11) is 1.34. The minimum atomic E-state index is -1.07. The van der Waals surface area contributed by atoms with Crippen molar-refractivity contribution >= 4 is 40.9 Å². The molecule has 0 radical (unpaired) electrons. The van der Waals surface area contributed by atoms with E-state index in [1.54, 1.807) is 0 Å². The normalized spacial score (nSPS) is 10.0. The summed E-state index contributed by atoms with van der Waals surface area (Å²) in [5.74, 6) is -1.99. The maximum Gasteiger partial charge on any atom is 0.303 e. The van der Waals surface area contributed by atoms with E-state index in [-0.39, 0.29) is 40.7 Å². The zero-order chi connectivity index (χ0) is 16.0. The highest BCUT2D eigenvalue weighted by molar-refractivity contribution is 6.37. The highest BCUT2D eigenvalue weighted by atomic mass is 35.5. The molecule has 1 aromatic carbocycles. The molecule has 0 spiro atoms. The van der Waals surface area contributed by atoms with Gasteiger partial charge in [0.25, 0.3) is 5.91 Å². The van der Waals surface area contributed by atoms with Crippen molar-refractivity contribution in [1.29, 1.82) is 0 Å². The lowest BCUT2D eigenvalue weighted by Crippen LogP contribution is -2.30. The van der Waals surface area contributed by atoms with Crippen molar-refractivity contribution in [2.45, 2.75) is 12.8 Å². The van der Waals surface area contributed by atoms with Crippen LogP contribution in [0.3, 0.4) is 0 Å². The quantitative estimate of drug-likeness (QED) is 0.797. The summed E-state index contributed by atoms with van der Waals surface area (Å²) in [4.78, 5) is 33.8. The van der Waals surface area contributed by atoms with Crippen LogP contribution in [0.25, 0.3) is 0 Å². The van der Waals surface area contributed by atoms with Crippen LogP contribution in [0.5, 0.6) is 5.75 Å². The Labute approximate surface area is 131 Å². The standard InChI is InChI=1S/C13H13Cl2NO5/c1-21-12-9(15)4-3-8(14)11(12)13(20)16-6-7(17)2-5-10(18)19/h3-4H,2,5-6H2,1H3,(H,16,20)(H,18,19). The Hall–Kier alpha value is -1.79. The smallest absolute Gasteiger partial charge is 0.303 e. The number of carbonyl (C=O) groups excluding carboxylic acids is 2. The van der Waals surface area contributed by atoms with E-state index in [9.17, 15) is 14.4 Å². The number of hydrogen-bond donors (Lipinski definition) is 2. The third kappa shape index (κ3) is 4.91. The first-order valence-corrected chi connectivity index (χ1v) is 6.66. The summed E-state index contributed by atoms with van der Waals surface area (Å²) < 4.78 is 5.02. The number of amides is 1. The van der Waals surface area contributed by atoms with Crippen LogP contribution in [0.4, 0.5) is 0 Å². The van der Waals surface area contributed by atoms with E-state index >= 15 is 0 Å². The molecule has 21 heavy (non-hydrogen) atoms. The predicted molar refractivity (Wildman–Crippen MR) is 77.2 cm³/mol. The largest absolute Gasteiger partial charge is 0.494 e. The van der Waals surface area contributed by atoms with E-state index in [4.69, 9.17) is 33.0 Å². The maximum absolute atomic E-state index is 12.0. The zero-order valence-electron chi connectivity index (χ0n) is 11.1. The second-order valence-electron chi connectivity index (χ2n) is 4.05. The van der Waals surface area contributed by atoms with Crippen molar-refractivity contribution in [2.24, 2.45) is 0 Å². The van der Waals surface area contributed by atoms with Gasteiger partial charge in [0.05, 0.1) is 30.1 Å². The number of halogens is 2. The number of rotatable bonds is 7. The summed E-state index contributed by atoms with van der Waals surface area (Å²) in [5, 5.41) is 11.2. The maximum atomic E-state index is 12.0. The molecule has 0 unspecified atom stereocenters. The first kappa shape index (κ1) is 17.3. The van der Waals surface area contributed by atoms with Gasteiger partial charge in [0.1, 0.15) is 5.56 Å². The molecule has 1 aromatic rings. The van der Waals surface area contributed by atoms with Gasteiger partial charge in [-0.3, -0.25) is 14.4 Å². The Morgan fingerprint density at radius 2 is 1.81 bits per heavy atom. The van der Waals surface area contributed by atoms with Crippen molar-refractivity contribution in [2.75, 3.05) is 13.7 Å². The van der Waals surface area contributed by atoms with E-state index in [1.165, 1.54) is 19.2 Å². The average Bonchev–Trinajstić information content (AvgIpc) is 2.44. The molecule has 0 bridgehead atoms. The molecule has 8 heteroatoms. The molecular weight excluding hydrogens is 321 g/mol. The molecule has 0 saturated carbocycles. The molecule has 2 N–H and O–H groups in total. The van der Waals surface area contributed by atoms with E-state index in [0.717, 1.165) is 0 Å². The van der Waals surface area contributed by atoms with Gasteiger partial charge in [0.15, 0.2) is 11.5 Å². The Morgan fingerprint density at radius 3 is 2.38 bits per heavy atom. The van der Waals surface area contributed by atoms with Crippen molar-refractivity contribution in [1.82, 2.24) is 5.32 Å². The summed E-state index contributed by atoms with van der Waals surface area (Å²) in [6.07, 6.45) is -0.439. The van der Waals surface area contributed by atoms with Gasteiger partial charge in [-0.25, -0.2) is 0 Å². The predicted octanol–water partition coefficient (Wildman–Crippen LogP) is 2.17. The van der Waals surface area contributed by atoms with E-state index in [2.05, 4.69) is 5.32 Å². The van der Waals surface area contributed by atoms with Crippen molar-refractivity contribution < 1.29 is 24.2 Å². The van der Waals surface area contributed by atoms with Crippen LogP contribution in [-0.2, 0) is 9.59 Å². The van der Waals surface area contributed by atoms with Crippen LogP contribution in [0.2, 0.25) is 10.0 Å². The number of ketones is 1. The molecule has 6 nitrogen and oxygen atoms in total. The number of hydrogen-bond acceptors (Lipinski definition) is 4. The van der Waals surface area contributed by atoms with Crippen LogP contribution in [0, 0.1) is 0 Å². The first-order chi connectivity index (χ1) is 9.86. The van der Waals surface area contributed by atoms with Gasteiger partial charge in [-0.15, -0.1) is 0 Å². The Morgan fingerprint density at radius 1 is 1.19 bits per heavy atom. The molecule has 0 aliphatic rings. The van der Waals surface area contributed by atoms with E-state index < -0.39 is 17.7 Å². The zero-order valence-corrected chi connectivity index (χ0v) is 12.6. The Kier molecular flexibility index (Phi) is 6.45. The molecule has 0 aliphatic carbocycles. The van der Waals surface area contributed by atoms with Gasteiger partial charge in [-0.2, -0.15) is 0 Å². The second-order valence-corrected chi connectivity index (χ2v) is 4.87.